The van der Waals surface area contributed by atoms with E-state index in [2.05, 4.69) is 5.32 Å². The standard InChI is InChI=1S/C29H26N2O4S/c1-18-17-21(29(34)31-13-15-36-16-14-31)11-12-24(18)30-28(33)23-10-6-9-22-25(32)19(2)26(35-27(22)23)20-7-4-3-5-8-20/h3-12,17H,13-16H2,1-2H3,(H,30,33). The summed E-state index contributed by atoms with van der Waals surface area (Å²) in [6.45, 7) is 5.09. The fraction of sp³-hybridized carbons (Fsp3) is 0.207. The predicted octanol–water partition coefficient (Wildman–Crippen LogP) is 5.52. The van der Waals surface area contributed by atoms with Crippen LogP contribution >= 0.6 is 11.8 Å². The van der Waals surface area contributed by atoms with Crippen LogP contribution in [0.25, 0.3) is 22.3 Å². The van der Waals surface area contributed by atoms with Crippen LogP contribution in [0, 0.1) is 13.8 Å². The monoisotopic (exact) mass is 498 g/mol. The normalized spacial score (nSPS) is 13.6. The summed E-state index contributed by atoms with van der Waals surface area (Å²) in [7, 11) is 0. The Balaban J connectivity index is 1.47. The quantitative estimate of drug-likeness (QED) is 0.401. The van der Waals surface area contributed by atoms with Crippen molar-refractivity contribution in [2.45, 2.75) is 13.8 Å². The largest absolute Gasteiger partial charge is 0.455 e. The maximum Gasteiger partial charge on any atom is 0.259 e. The van der Waals surface area contributed by atoms with Gasteiger partial charge in [-0.1, -0.05) is 36.4 Å². The van der Waals surface area contributed by atoms with E-state index in [0.717, 1.165) is 35.7 Å². The number of hydrogen-bond donors (Lipinski definition) is 1. The molecule has 6 nitrogen and oxygen atoms in total. The van der Waals surface area contributed by atoms with Crippen LogP contribution in [-0.4, -0.2) is 41.3 Å². The van der Waals surface area contributed by atoms with Crippen molar-refractivity contribution in [2.24, 2.45) is 0 Å². The molecule has 1 saturated heterocycles. The highest BCUT2D eigenvalue weighted by molar-refractivity contribution is 7.99. The Bertz CT molecular complexity index is 1520. The minimum Gasteiger partial charge on any atom is -0.455 e. The van der Waals surface area contributed by atoms with Crippen LogP contribution in [0.1, 0.15) is 31.8 Å². The van der Waals surface area contributed by atoms with E-state index >= 15 is 0 Å². The number of carbonyl (C=O) groups is 2. The van der Waals surface area contributed by atoms with Gasteiger partial charge in [-0.15, -0.1) is 0 Å². The molecule has 1 aromatic heterocycles. The van der Waals surface area contributed by atoms with Gasteiger partial charge in [0.15, 0.2) is 11.0 Å². The third-order valence-electron chi connectivity index (χ3n) is 6.45. The molecule has 36 heavy (non-hydrogen) atoms. The zero-order valence-corrected chi connectivity index (χ0v) is 21.0. The van der Waals surface area contributed by atoms with Crippen molar-refractivity contribution in [1.82, 2.24) is 4.90 Å². The molecule has 0 spiro atoms. The van der Waals surface area contributed by atoms with Crippen LogP contribution in [0.3, 0.4) is 0 Å². The van der Waals surface area contributed by atoms with E-state index in [1.165, 1.54) is 0 Å². The first-order valence-electron chi connectivity index (χ1n) is 11.8. The first-order valence-corrected chi connectivity index (χ1v) is 13.0. The van der Waals surface area contributed by atoms with Crippen molar-refractivity contribution in [1.29, 1.82) is 0 Å². The van der Waals surface area contributed by atoms with E-state index in [4.69, 9.17) is 4.42 Å². The third-order valence-corrected chi connectivity index (χ3v) is 7.39. The molecule has 1 fully saturated rings. The van der Waals surface area contributed by atoms with Crippen molar-refractivity contribution in [3.05, 3.63) is 99.2 Å². The second-order valence-electron chi connectivity index (χ2n) is 8.82. The van der Waals surface area contributed by atoms with Gasteiger partial charge in [0, 0.05) is 47.0 Å². The summed E-state index contributed by atoms with van der Waals surface area (Å²) in [5.74, 6) is 1.97. The Hall–Kier alpha value is -3.84. The van der Waals surface area contributed by atoms with Gasteiger partial charge < -0.3 is 14.6 Å². The zero-order valence-electron chi connectivity index (χ0n) is 20.2. The van der Waals surface area contributed by atoms with E-state index in [1.54, 1.807) is 43.3 Å². The second-order valence-corrected chi connectivity index (χ2v) is 10.0. The number of benzene rings is 3. The highest BCUT2D eigenvalue weighted by Gasteiger charge is 2.21. The summed E-state index contributed by atoms with van der Waals surface area (Å²) in [5.41, 5.74) is 3.60. The van der Waals surface area contributed by atoms with Gasteiger partial charge in [-0.3, -0.25) is 14.4 Å². The highest BCUT2D eigenvalue weighted by atomic mass is 32.2. The van der Waals surface area contributed by atoms with E-state index < -0.39 is 0 Å². The van der Waals surface area contributed by atoms with Crippen LogP contribution in [0.4, 0.5) is 5.69 Å². The van der Waals surface area contributed by atoms with Gasteiger partial charge in [0.1, 0.15) is 5.76 Å². The summed E-state index contributed by atoms with van der Waals surface area (Å²) < 4.78 is 6.18. The lowest BCUT2D eigenvalue weighted by Crippen LogP contribution is -2.37. The molecule has 0 atom stereocenters. The van der Waals surface area contributed by atoms with E-state index in [-0.39, 0.29) is 28.4 Å². The van der Waals surface area contributed by atoms with Crippen molar-refractivity contribution >= 4 is 40.2 Å². The number of rotatable bonds is 4. The first kappa shape index (κ1) is 23.9. The molecule has 0 bridgehead atoms. The Kier molecular flexibility index (Phi) is 6.65. The second kappa shape index (κ2) is 10.0. The molecule has 3 aromatic carbocycles. The molecule has 4 aromatic rings. The Labute approximate surface area is 213 Å². The van der Waals surface area contributed by atoms with Crippen LogP contribution in [0.15, 0.2) is 75.9 Å². The van der Waals surface area contributed by atoms with Gasteiger partial charge in [0.25, 0.3) is 11.8 Å². The van der Waals surface area contributed by atoms with Gasteiger partial charge >= 0.3 is 0 Å². The topological polar surface area (TPSA) is 79.6 Å². The molecule has 0 radical (unpaired) electrons. The molecule has 0 unspecified atom stereocenters. The summed E-state index contributed by atoms with van der Waals surface area (Å²) in [4.78, 5) is 41.2. The van der Waals surface area contributed by atoms with E-state index in [0.29, 0.717) is 28.0 Å². The number of thioether (sulfide) groups is 1. The summed E-state index contributed by atoms with van der Waals surface area (Å²) in [6, 6.07) is 19.7. The minimum atomic E-state index is -0.387. The number of aryl methyl sites for hydroxylation is 1. The number of carbonyl (C=O) groups excluding carboxylic acids is 2. The first-order chi connectivity index (χ1) is 17.4. The Morgan fingerprint density at radius 3 is 2.42 bits per heavy atom. The average molecular weight is 499 g/mol. The van der Waals surface area contributed by atoms with Crippen LogP contribution < -0.4 is 10.7 Å². The summed E-state index contributed by atoms with van der Waals surface area (Å²) in [6.07, 6.45) is 0. The van der Waals surface area contributed by atoms with Crippen LogP contribution in [0.2, 0.25) is 0 Å². The molecule has 1 N–H and O–H groups in total. The van der Waals surface area contributed by atoms with Crippen LogP contribution in [-0.2, 0) is 0 Å². The maximum atomic E-state index is 13.3. The van der Waals surface area contributed by atoms with Crippen molar-refractivity contribution in [3.8, 4) is 11.3 Å². The van der Waals surface area contributed by atoms with Gasteiger partial charge in [-0.25, -0.2) is 0 Å². The number of para-hydroxylation sites is 1. The van der Waals surface area contributed by atoms with Gasteiger partial charge in [0.2, 0.25) is 0 Å². The fourth-order valence-electron chi connectivity index (χ4n) is 4.43. The average Bonchev–Trinajstić information content (AvgIpc) is 2.92. The number of fused-ring (bicyclic) bond motifs is 1. The highest BCUT2D eigenvalue weighted by Crippen LogP contribution is 2.28. The number of anilines is 1. The molecule has 5 rings (SSSR count). The molecule has 182 valence electrons. The molecule has 2 amide bonds. The predicted molar refractivity (Wildman–Crippen MR) is 145 cm³/mol. The Morgan fingerprint density at radius 1 is 0.944 bits per heavy atom. The SMILES string of the molecule is Cc1cc(C(=O)N2CCSCC2)ccc1NC(=O)c1cccc2c(=O)c(C)c(-c3ccccc3)oc12. The molecule has 0 aliphatic carbocycles. The van der Waals surface area contributed by atoms with Crippen molar-refractivity contribution < 1.29 is 14.0 Å². The third kappa shape index (κ3) is 4.54. The number of nitrogens with one attached hydrogen (secondary N) is 1. The van der Waals surface area contributed by atoms with Gasteiger partial charge in [-0.05, 0) is 49.7 Å². The number of hydrogen-bond acceptors (Lipinski definition) is 5. The van der Waals surface area contributed by atoms with E-state index in [9.17, 15) is 14.4 Å². The Morgan fingerprint density at radius 2 is 1.69 bits per heavy atom. The lowest BCUT2D eigenvalue weighted by Gasteiger charge is -2.26. The molecular weight excluding hydrogens is 472 g/mol. The molecule has 2 heterocycles. The molecule has 1 aliphatic rings. The number of amides is 2. The molecule has 0 saturated carbocycles. The van der Waals surface area contributed by atoms with Crippen LogP contribution in [0.5, 0.6) is 0 Å². The smallest absolute Gasteiger partial charge is 0.259 e. The fourth-order valence-corrected chi connectivity index (χ4v) is 5.33. The lowest BCUT2D eigenvalue weighted by atomic mass is 10.0. The van der Waals surface area contributed by atoms with Gasteiger partial charge in [-0.2, -0.15) is 11.8 Å². The maximum absolute atomic E-state index is 13.3. The van der Waals surface area contributed by atoms with Crippen molar-refractivity contribution in [3.63, 3.8) is 0 Å². The summed E-state index contributed by atoms with van der Waals surface area (Å²) in [5, 5.41) is 3.29. The van der Waals surface area contributed by atoms with Crippen molar-refractivity contribution in [2.75, 3.05) is 29.9 Å². The van der Waals surface area contributed by atoms with E-state index in [1.807, 2.05) is 53.9 Å². The lowest BCUT2D eigenvalue weighted by molar-refractivity contribution is 0.0772. The number of nitrogens with zero attached hydrogens (tertiary/aromatic N) is 1. The zero-order chi connectivity index (χ0) is 25.2. The van der Waals surface area contributed by atoms with Gasteiger partial charge in [0.05, 0.1) is 10.9 Å². The summed E-state index contributed by atoms with van der Waals surface area (Å²) >= 11 is 1.85. The minimum absolute atomic E-state index is 0.0101. The molecular formula is C29H26N2O4S. The molecule has 7 heteroatoms. The molecule has 1 aliphatic heterocycles.